The summed E-state index contributed by atoms with van der Waals surface area (Å²) < 4.78 is 5.81. The molecule has 1 N–H and O–H groups in total. The van der Waals surface area contributed by atoms with E-state index < -0.39 is 12.0 Å². The van der Waals surface area contributed by atoms with Crippen LogP contribution < -0.4 is 5.32 Å². The lowest BCUT2D eigenvalue weighted by Crippen LogP contribution is -2.39. The molecule has 6 heteroatoms. The quantitative estimate of drug-likeness (QED) is 0.878. The van der Waals surface area contributed by atoms with Crippen molar-refractivity contribution in [1.82, 2.24) is 10.3 Å². The third-order valence-electron chi connectivity index (χ3n) is 2.75. The van der Waals surface area contributed by atoms with Crippen molar-refractivity contribution in [3.05, 3.63) is 28.8 Å². The largest absolute Gasteiger partial charge is 0.464 e. The Kier molecular flexibility index (Phi) is 4.34. The highest BCUT2D eigenvalue weighted by atomic mass is 32.1. The van der Waals surface area contributed by atoms with E-state index in [1.165, 1.54) is 11.3 Å². The number of amides is 1. The van der Waals surface area contributed by atoms with Gasteiger partial charge >= 0.3 is 5.97 Å². The highest BCUT2D eigenvalue weighted by Crippen LogP contribution is 2.22. The minimum atomic E-state index is -0.665. The number of benzene rings is 1. The number of aromatic nitrogens is 1. The van der Waals surface area contributed by atoms with Gasteiger partial charge in [0.2, 0.25) is 0 Å². The molecule has 2 rings (SSSR count). The maximum absolute atomic E-state index is 12.1. The van der Waals surface area contributed by atoms with Crippen LogP contribution in [0.5, 0.6) is 0 Å². The van der Waals surface area contributed by atoms with Crippen LogP contribution in [0.3, 0.4) is 0 Å². The van der Waals surface area contributed by atoms with Gasteiger partial charge in [-0.25, -0.2) is 9.78 Å². The van der Waals surface area contributed by atoms with Crippen molar-refractivity contribution >= 4 is 33.4 Å². The summed E-state index contributed by atoms with van der Waals surface area (Å²) in [5.41, 5.74) is 1.39. The van der Waals surface area contributed by atoms with E-state index in [0.29, 0.717) is 12.2 Å². The molecule has 0 saturated heterocycles. The van der Waals surface area contributed by atoms with Gasteiger partial charge in [0.15, 0.2) is 0 Å². The zero-order valence-corrected chi connectivity index (χ0v) is 12.4. The van der Waals surface area contributed by atoms with Crippen molar-refractivity contribution in [2.24, 2.45) is 0 Å². The summed E-state index contributed by atoms with van der Waals surface area (Å²) in [6.45, 7) is 5.55. The van der Waals surface area contributed by atoms with Crippen LogP contribution in [-0.2, 0) is 9.53 Å². The van der Waals surface area contributed by atoms with Gasteiger partial charge < -0.3 is 10.1 Å². The number of fused-ring (bicyclic) bond motifs is 1. The number of esters is 1. The SMILES string of the molecule is CCOC(=O)[C@@H](C)NC(=O)c1ccc2nc(C)sc2c1. The Morgan fingerprint density at radius 1 is 1.45 bits per heavy atom. The molecule has 106 valence electrons. The van der Waals surface area contributed by atoms with E-state index in [-0.39, 0.29) is 5.91 Å². The van der Waals surface area contributed by atoms with Crippen LogP contribution in [0.4, 0.5) is 0 Å². The minimum absolute atomic E-state index is 0.293. The number of nitrogens with zero attached hydrogens (tertiary/aromatic N) is 1. The highest BCUT2D eigenvalue weighted by molar-refractivity contribution is 7.18. The molecule has 0 unspecified atom stereocenters. The van der Waals surface area contributed by atoms with E-state index in [9.17, 15) is 9.59 Å². The first-order valence-electron chi connectivity index (χ1n) is 6.36. The summed E-state index contributed by atoms with van der Waals surface area (Å²) in [6, 6.07) is 4.63. The molecule has 1 amide bonds. The predicted octanol–water partition coefficient (Wildman–Crippen LogP) is 2.29. The lowest BCUT2D eigenvalue weighted by Gasteiger charge is -2.12. The van der Waals surface area contributed by atoms with Crippen molar-refractivity contribution in [2.45, 2.75) is 26.8 Å². The minimum Gasteiger partial charge on any atom is -0.464 e. The van der Waals surface area contributed by atoms with E-state index in [1.807, 2.05) is 13.0 Å². The molecule has 0 radical (unpaired) electrons. The Morgan fingerprint density at radius 3 is 2.90 bits per heavy atom. The second kappa shape index (κ2) is 6.00. The molecule has 20 heavy (non-hydrogen) atoms. The molecule has 1 heterocycles. The van der Waals surface area contributed by atoms with Crippen LogP contribution in [0, 0.1) is 6.92 Å². The molecule has 2 aromatic rings. The van der Waals surface area contributed by atoms with E-state index in [0.717, 1.165) is 15.2 Å². The zero-order chi connectivity index (χ0) is 14.7. The third-order valence-corrected chi connectivity index (χ3v) is 3.68. The average molecular weight is 292 g/mol. The van der Waals surface area contributed by atoms with Crippen molar-refractivity contribution < 1.29 is 14.3 Å². The number of ether oxygens (including phenoxy) is 1. The lowest BCUT2D eigenvalue weighted by molar-refractivity contribution is -0.144. The Balaban J connectivity index is 2.12. The van der Waals surface area contributed by atoms with Gasteiger partial charge in [0.05, 0.1) is 21.8 Å². The first kappa shape index (κ1) is 14.5. The van der Waals surface area contributed by atoms with Crippen molar-refractivity contribution in [3.63, 3.8) is 0 Å². The molecule has 0 aliphatic rings. The van der Waals surface area contributed by atoms with E-state index in [1.54, 1.807) is 26.0 Å². The normalized spacial score (nSPS) is 12.2. The summed E-state index contributed by atoms with van der Waals surface area (Å²) in [5, 5.41) is 3.58. The molecular formula is C14H16N2O3S. The Labute approximate surface area is 121 Å². The van der Waals surface area contributed by atoms with Gasteiger partial charge in [-0.05, 0) is 39.0 Å². The fraction of sp³-hybridized carbons (Fsp3) is 0.357. The number of nitrogens with one attached hydrogen (secondary N) is 1. The molecule has 5 nitrogen and oxygen atoms in total. The van der Waals surface area contributed by atoms with Crippen LogP contribution in [0.15, 0.2) is 18.2 Å². The Hall–Kier alpha value is -1.95. The summed E-state index contributed by atoms with van der Waals surface area (Å²) in [5.74, 6) is -0.728. The van der Waals surface area contributed by atoms with Gasteiger partial charge in [0, 0.05) is 5.56 Å². The Bertz CT molecular complexity index is 651. The van der Waals surface area contributed by atoms with Gasteiger partial charge in [-0.3, -0.25) is 4.79 Å². The van der Waals surface area contributed by atoms with Crippen LogP contribution in [0.25, 0.3) is 10.2 Å². The summed E-state index contributed by atoms with van der Waals surface area (Å²) in [4.78, 5) is 27.9. The van der Waals surface area contributed by atoms with Crippen molar-refractivity contribution in [2.75, 3.05) is 6.61 Å². The Morgan fingerprint density at radius 2 is 2.20 bits per heavy atom. The van der Waals surface area contributed by atoms with Crippen LogP contribution in [-0.4, -0.2) is 29.5 Å². The monoisotopic (exact) mass is 292 g/mol. The van der Waals surface area contributed by atoms with Crippen molar-refractivity contribution in [3.8, 4) is 0 Å². The van der Waals surface area contributed by atoms with Crippen LogP contribution in [0.1, 0.15) is 29.2 Å². The summed E-state index contributed by atoms with van der Waals surface area (Å²) in [6.07, 6.45) is 0. The van der Waals surface area contributed by atoms with Gasteiger partial charge in [-0.2, -0.15) is 0 Å². The zero-order valence-electron chi connectivity index (χ0n) is 11.6. The second-order valence-corrected chi connectivity index (χ2v) is 5.60. The smallest absolute Gasteiger partial charge is 0.328 e. The van der Waals surface area contributed by atoms with Gasteiger partial charge in [-0.15, -0.1) is 11.3 Å². The topological polar surface area (TPSA) is 68.3 Å². The molecule has 1 atom stereocenters. The van der Waals surface area contributed by atoms with E-state index in [2.05, 4.69) is 10.3 Å². The number of aryl methyl sites for hydroxylation is 1. The van der Waals surface area contributed by atoms with Gasteiger partial charge in [0.1, 0.15) is 6.04 Å². The standard InChI is InChI=1S/C14H16N2O3S/c1-4-19-14(18)8(2)15-13(17)10-5-6-11-12(7-10)20-9(3)16-11/h5-8H,4H2,1-3H3,(H,15,17)/t8-/m1/s1. The summed E-state index contributed by atoms with van der Waals surface area (Å²) >= 11 is 1.53. The molecular weight excluding hydrogens is 276 g/mol. The molecule has 0 fully saturated rings. The maximum atomic E-state index is 12.1. The molecule has 0 saturated carbocycles. The second-order valence-electron chi connectivity index (χ2n) is 4.36. The molecule has 1 aromatic heterocycles. The number of rotatable bonds is 4. The fourth-order valence-electron chi connectivity index (χ4n) is 1.79. The van der Waals surface area contributed by atoms with Crippen LogP contribution in [0.2, 0.25) is 0 Å². The average Bonchev–Trinajstić information content (AvgIpc) is 2.77. The summed E-state index contributed by atoms with van der Waals surface area (Å²) in [7, 11) is 0. The molecule has 0 bridgehead atoms. The first-order chi connectivity index (χ1) is 9.51. The number of hydrogen-bond donors (Lipinski definition) is 1. The number of carbonyl (C=O) groups is 2. The van der Waals surface area contributed by atoms with Gasteiger partial charge in [-0.1, -0.05) is 0 Å². The number of thiazole rings is 1. The van der Waals surface area contributed by atoms with Gasteiger partial charge in [0.25, 0.3) is 5.91 Å². The van der Waals surface area contributed by atoms with E-state index in [4.69, 9.17) is 4.74 Å². The lowest BCUT2D eigenvalue weighted by atomic mass is 10.2. The highest BCUT2D eigenvalue weighted by Gasteiger charge is 2.17. The maximum Gasteiger partial charge on any atom is 0.328 e. The number of carbonyl (C=O) groups excluding carboxylic acids is 2. The molecule has 0 aliphatic carbocycles. The van der Waals surface area contributed by atoms with E-state index >= 15 is 0 Å². The fourth-order valence-corrected chi connectivity index (χ4v) is 2.65. The molecule has 1 aromatic carbocycles. The van der Waals surface area contributed by atoms with Crippen molar-refractivity contribution in [1.29, 1.82) is 0 Å². The third kappa shape index (κ3) is 3.14. The molecule has 0 spiro atoms. The first-order valence-corrected chi connectivity index (χ1v) is 7.17. The van der Waals surface area contributed by atoms with Crippen LogP contribution >= 0.6 is 11.3 Å². The molecule has 0 aliphatic heterocycles. The number of hydrogen-bond acceptors (Lipinski definition) is 5. The predicted molar refractivity (Wildman–Crippen MR) is 77.9 cm³/mol.